The van der Waals surface area contributed by atoms with Gasteiger partial charge in [0.2, 0.25) is 0 Å². The average molecular weight is 283 g/mol. The van der Waals surface area contributed by atoms with E-state index >= 15 is 0 Å². The Morgan fingerprint density at radius 1 is 1.05 bits per heavy atom. The van der Waals surface area contributed by atoms with Crippen molar-refractivity contribution >= 4 is 5.91 Å². The van der Waals surface area contributed by atoms with Crippen molar-refractivity contribution in [1.29, 1.82) is 0 Å². The van der Waals surface area contributed by atoms with E-state index in [4.69, 9.17) is 4.74 Å². The van der Waals surface area contributed by atoms with Crippen LogP contribution in [0, 0.1) is 13.8 Å². The minimum Gasteiger partial charge on any atom is -0.492 e. The highest BCUT2D eigenvalue weighted by Gasteiger charge is 2.12. The maximum Gasteiger partial charge on any atom is 0.253 e. The van der Waals surface area contributed by atoms with Gasteiger partial charge in [-0.25, -0.2) is 0 Å². The van der Waals surface area contributed by atoms with E-state index in [9.17, 15) is 4.79 Å². The average Bonchev–Trinajstić information content (AvgIpc) is 2.50. The Morgan fingerprint density at radius 3 is 2.43 bits per heavy atom. The van der Waals surface area contributed by atoms with Crippen molar-refractivity contribution in [1.82, 2.24) is 4.90 Å². The number of ether oxygens (including phenoxy) is 1. The van der Waals surface area contributed by atoms with Crippen LogP contribution in [-0.4, -0.2) is 31.0 Å². The van der Waals surface area contributed by atoms with E-state index in [-0.39, 0.29) is 5.91 Å². The van der Waals surface area contributed by atoms with Crippen LogP contribution in [0.3, 0.4) is 0 Å². The lowest BCUT2D eigenvalue weighted by atomic mass is 10.1. The van der Waals surface area contributed by atoms with E-state index in [1.165, 1.54) is 5.56 Å². The first-order valence-corrected chi connectivity index (χ1v) is 7.08. The third-order valence-electron chi connectivity index (χ3n) is 3.54. The number of carbonyl (C=O) groups excluding carboxylic acids is 1. The molecule has 0 radical (unpaired) electrons. The Hall–Kier alpha value is -2.29. The molecule has 3 nitrogen and oxygen atoms in total. The summed E-state index contributed by atoms with van der Waals surface area (Å²) in [6.07, 6.45) is 0. The predicted molar refractivity (Wildman–Crippen MR) is 84.8 cm³/mol. The minimum atomic E-state index is 0.0229. The van der Waals surface area contributed by atoms with Crippen LogP contribution < -0.4 is 4.74 Å². The van der Waals surface area contributed by atoms with Gasteiger partial charge in [-0.15, -0.1) is 0 Å². The molecule has 0 N–H and O–H groups in total. The maximum absolute atomic E-state index is 12.3. The second kappa shape index (κ2) is 6.93. The molecule has 2 aromatic carbocycles. The molecule has 3 heteroatoms. The van der Waals surface area contributed by atoms with Crippen LogP contribution in [-0.2, 0) is 0 Å². The van der Waals surface area contributed by atoms with Crippen LogP contribution in [0.2, 0.25) is 0 Å². The predicted octanol–water partition coefficient (Wildman–Crippen LogP) is 3.45. The molecule has 0 heterocycles. The molecule has 0 aliphatic rings. The Bertz CT molecular complexity index is 608. The number of likely N-dealkylation sites (N-methyl/N-ethyl adjacent to an activating group) is 1. The van der Waals surface area contributed by atoms with Crippen molar-refractivity contribution < 1.29 is 9.53 Å². The van der Waals surface area contributed by atoms with Crippen LogP contribution >= 0.6 is 0 Å². The van der Waals surface area contributed by atoms with Gasteiger partial charge in [0.1, 0.15) is 12.4 Å². The summed E-state index contributed by atoms with van der Waals surface area (Å²) in [5.41, 5.74) is 3.05. The molecule has 0 bridgehead atoms. The summed E-state index contributed by atoms with van der Waals surface area (Å²) in [7, 11) is 1.80. The molecule has 2 rings (SSSR count). The molecule has 0 aliphatic carbocycles. The van der Waals surface area contributed by atoms with Crippen LogP contribution in [0.15, 0.2) is 48.5 Å². The van der Waals surface area contributed by atoms with Gasteiger partial charge in [0.25, 0.3) is 5.91 Å². The number of hydrogen-bond acceptors (Lipinski definition) is 2. The number of nitrogens with zero attached hydrogens (tertiary/aromatic N) is 1. The molecule has 0 saturated carbocycles. The smallest absolute Gasteiger partial charge is 0.253 e. The van der Waals surface area contributed by atoms with E-state index < -0.39 is 0 Å². The lowest BCUT2D eigenvalue weighted by Gasteiger charge is -2.18. The summed E-state index contributed by atoms with van der Waals surface area (Å²) in [5.74, 6) is 0.847. The van der Waals surface area contributed by atoms with Gasteiger partial charge in [-0.05, 0) is 49.2 Å². The summed E-state index contributed by atoms with van der Waals surface area (Å²) in [4.78, 5) is 14.0. The fourth-order valence-corrected chi connectivity index (χ4v) is 2.01. The van der Waals surface area contributed by atoms with Crippen molar-refractivity contribution in [2.45, 2.75) is 13.8 Å². The maximum atomic E-state index is 12.3. The number of aryl methyl sites for hydroxylation is 2. The lowest BCUT2D eigenvalue weighted by molar-refractivity contribution is 0.0773. The Kier molecular flexibility index (Phi) is 4.99. The molecule has 0 spiro atoms. The molecule has 1 amide bonds. The van der Waals surface area contributed by atoms with E-state index in [2.05, 4.69) is 0 Å². The molecular weight excluding hydrogens is 262 g/mol. The minimum absolute atomic E-state index is 0.0229. The molecule has 0 fully saturated rings. The van der Waals surface area contributed by atoms with Gasteiger partial charge in [-0.2, -0.15) is 0 Å². The zero-order valence-electron chi connectivity index (χ0n) is 12.8. The molecule has 2 aromatic rings. The van der Waals surface area contributed by atoms with Crippen molar-refractivity contribution in [2.24, 2.45) is 0 Å². The summed E-state index contributed by atoms with van der Waals surface area (Å²) >= 11 is 0. The molecule has 110 valence electrons. The molecule has 0 aromatic heterocycles. The Morgan fingerprint density at radius 2 is 1.76 bits per heavy atom. The van der Waals surface area contributed by atoms with E-state index in [0.29, 0.717) is 13.2 Å². The van der Waals surface area contributed by atoms with Gasteiger partial charge >= 0.3 is 0 Å². The second-order valence-corrected chi connectivity index (χ2v) is 5.19. The number of rotatable bonds is 5. The van der Waals surface area contributed by atoms with Crippen molar-refractivity contribution in [3.63, 3.8) is 0 Å². The fraction of sp³-hybridized carbons (Fsp3) is 0.278. The van der Waals surface area contributed by atoms with Gasteiger partial charge in [-0.1, -0.05) is 24.3 Å². The number of amides is 1. The zero-order chi connectivity index (χ0) is 15.2. The summed E-state index contributed by atoms with van der Waals surface area (Å²) in [6, 6.07) is 15.4. The van der Waals surface area contributed by atoms with Crippen molar-refractivity contribution in [3.8, 4) is 5.75 Å². The monoisotopic (exact) mass is 283 g/mol. The van der Waals surface area contributed by atoms with Crippen molar-refractivity contribution in [2.75, 3.05) is 20.2 Å². The number of para-hydroxylation sites is 1. The summed E-state index contributed by atoms with van der Waals surface area (Å²) < 4.78 is 5.61. The Labute approximate surface area is 126 Å². The molecule has 0 unspecified atom stereocenters. The van der Waals surface area contributed by atoms with Gasteiger partial charge < -0.3 is 9.64 Å². The largest absolute Gasteiger partial charge is 0.492 e. The van der Waals surface area contributed by atoms with E-state index in [1.807, 2.05) is 62.4 Å². The van der Waals surface area contributed by atoms with Gasteiger partial charge in [0, 0.05) is 12.6 Å². The molecule has 0 atom stereocenters. The molecule has 0 aliphatic heterocycles. The first kappa shape index (κ1) is 15.1. The van der Waals surface area contributed by atoms with Crippen LogP contribution in [0.1, 0.15) is 21.5 Å². The molecular formula is C18H21NO2. The van der Waals surface area contributed by atoms with Crippen LogP contribution in [0.4, 0.5) is 0 Å². The number of carbonyl (C=O) groups is 1. The third-order valence-corrected chi connectivity index (χ3v) is 3.54. The number of hydrogen-bond donors (Lipinski definition) is 0. The number of benzene rings is 2. The first-order valence-electron chi connectivity index (χ1n) is 7.08. The SMILES string of the molecule is Cc1ccc(C(=O)N(C)CCOc2ccccc2)cc1C. The summed E-state index contributed by atoms with van der Waals surface area (Å²) in [5, 5.41) is 0. The highest BCUT2D eigenvalue weighted by atomic mass is 16.5. The fourth-order valence-electron chi connectivity index (χ4n) is 2.01. The normalized spacial score (nSPS) is 10.2. The van der Waals surface area contributed by atoms with Gasteiger partial charge in [-0.3, -0.25) is 4.79 Å². The zero-order valence-corrected chi connectivity index (χ0v) is 12.8. The van der Waals surface area contributed by atoms with E-state index in [0.717, 1.165) is 16.9 Å². The van der Waals surface area contributed by atoms with Gasteiger partial charge in [0.05, 0.1) is 6.54 Å². The standard InChI is InChI=1S/C18H21NO2/c1-14-9-10-16(13-15(14)2)18(20)19(3)11-12-21-17-7-5-4-6-8-17/h4-10,13H,11-12H2,1-3H3. The molecule has 21 heavy (non-hydrogen) atoms. The highest BCUT2D eigenvalue weighted by Crippen LogP contribution is 2.12. The van der Waals surface area contributed by atoms with E-state index in [1.54, 1.807) is 11.9 Å². The lowest BCUT2D eigenvalue weighted by Crippen LogP contribution is -2.30. The third kappa shape index (κ3) is 4.09. The Balaban J connectivity index is 1.89. The second-order valence-electron chi connectivity index (χ2n) is 5.19. The highest BCUT2D eigenvalue weighted by molar-refractivity contribution is 5.94. The quantitative estimate of drug-likeness (QED) is 0.841. The topological polar surface area (TPSA) is 29.5 Å². The van der Waals surface area contributed by atoms with Crippen molar-refractivity contribution in [3.05, 3.63) is 65.2 Å². The van der Waals surface area contributed by atoms with Crippen LogP contribution in [0.25, 0.3) is 0 Å². The van der Waals surface area contributed by atoms with Gasteiger partial charge in [0.15, 0.2) is 0 Å². The van der Waals surface area contributed by atoms with Crippen LogP contribution in [0.5, 0.6) is 5.75 Å². The molecule has 0 saturated heterocycles. The summed E-state index contributed by atoms with van der Waals surface area (Å²) in [6.45, 7) is 5.10. The first-order chi connectivity index (χ1) is 10.1.